The van der Waals surface area contributed by atoms with Crippen LogP contribution >= 0.6 is 0 Å². The van der Waals surface area contributed by atoms with Crippen molar-refractivity contribution < 1.29 is 4.79 Å². The number of anilines is 2. The molecule has 1 amide bonds. The van der Waals surface area contributed by atoms with Gasteiger partial charge in [-0.15, -0.1) is 0 Å². The fourth-order valence-corrected chi connectivity index (χ4v) is 2.53. The zero-order valence-corrected chi connectivity index (χ0v) is 11.8. The third-order valence-electron chi connectivity index (χ3n) is 3.82. The van der Waals surface area contributed by atoms with Crippen molar-refractivity contribution in [1.29, 1.82) is 0 Å². The van der Waals surface area contributed by atoms with E-state index >= 15 is 0 Å². The molecule has 0 heterocycles. The van der Waals surface area contributed by atoms with Gasteiger partial charge in [0.05, 0.1) is 5.54 Å². The fourth-order valence-electron chi connectivity index (χ4n) is 2.53. The largest absolute Gasteiger partial charge is 0.378 e. The molecular formula is C15H23N3O. The monoisotopic (exact) mass is 261 g/mol. The van der Waals surface area contributed by atoms with E-state index in [-0.39, 0.29) is 5.91 Å². The molecule has 1 aromatic carbocycles. The van der Waals surface area contributed by atoms with E-state index in [1.807, 2.05) is 43.3 Å². The third-order valence-corrected chi connectivity index (χ3v) is 3.82. The first-order valence-electron chi connectivity index (χ1n) is 6.89. The van der Waals surface area contributed by atoms with Crippen molar-refractivity contribution >= 4 is 17.3 Å². The van der Waals surface area contributed by atoms with Gasteiger partial charge in [-0.05, 0) is 31.0 Å². The summed E-state index contributed by atoms with van der Waals surface area (Å²) in [5, 5.41) is 2.96. The summed E-state index contributed by atoms with van der Waals surface area (Å²) >= 11 is 0. The van der Waals surface area contributed by atoms with Crippen LogP contribution in [0.15, 0.2) is 24.3 Å². The molecule has 1 aliphatic rings. The van der Waals surface area contributed by atoms with Crippen molar-refractivity contribution in [3.63, 3.8) is 0 Å². The summed E-state index contributed by atoms with van der Waals surface area (Å²) in [4.78, 5) is 14.3. The number of carbonyl (C=O) groups is 1. The molecule has 1 aliphatic carbocycles. The highest BCUT2D eigenvalue weighted by atomic mass is 16.2. The highest BCUT2D eigenvalue weighted by molar-refractivity contribution is 5.98. The first-order valence-corrected chi connectivity index (χ1v) is 6.89. The third kappa shape index (κ3) is 3.26. The lowest BCUT2D eigenvalue weighted by Gasteiger charge is -2.31. The predicted octanol–water partition coefficient (Wildman–Crippen LogP) is 2.35. The Bertz CT molecular complexity index is 450. The maximum absolute atomic E-state index is 12.3. The van der Waals surface area contributed by atoms with E-state index in [1.54, 1.807) is 0 Å². The predicted molar refractivity (Wildman–Crippen MR) is 79.4 cm³/mol. The lowest BCUT2D eigenvalue weighted by Crippen LogP contribution is -2.52. The summed E-state index contributed by atoms with van der Waals surface area (Å²) < 4.78 is 0. The summed E-state index contributed by atoms with van der Waals surface area (Å²) in [5.74, 6) is -0.0527. The van der Waals surface area contributed by atoms with Crippen molar-refractivity contribution in [3.8, 4) is 0 Å². The van der Waals surface area contributed by atoms with Crippen LogP contribution < -0.4 is 16.0 Å². The highest BCUT2D eigenvalue weighted by Crippen LogP contribution is 2.27. The Morgan fingerprint density at radius 1 is 1.26 bits per heavy atom. The zero-order chi connectivity index (χ0) is 13.9. The quantitative estimate of drug-likeness (QED) is 0.878. The van der Waals surface area contributed by atoms with Gasteiger partial charge in [-0.3, -0.25) is 4.79 Å². The Hall–Kier alpha value is -1.55. The van der Waals surface area contributed by atoms with Gasteiger partial charge in [-0.1, -0.05) is 25.3 Å². The van der Waals surface area contributed by atoms with E-state index in [4.69, 9.17) is 5.73 Å². The van der Waals surface area contributed by atoms with Crippen LogP contribution in [0.3, 0.4) is 0 Å². The van der Waals surface area contributed by atoms with Gasteiger partial charge in [0.2, 0.25) is 5.91 Å². The van der Waals surface area contributed by atoms with Crippen LogP contribution in [0.5, 0.6) is 0 Å². The number of benzene rings is 1. The molecular weight excluding hydrogens is 238 g/mol. The molecule has 0 bridgehead atoms. The number of nitrogens with one attached hydrogen (secondary N) is 1. The zero-order valence-electron chi connectivity index (χ0n) is 11.8. The smallest absolute Gasteiger partial charge is 0.244 e. The Kier molecular flexibility index (Phi) is 4.10. The van der Waals surface area contributed by atoms with Crippen molar-refractivity contribution in [1.82, 2.24) is 0 Å². The highest BCUT2D eigenvalue weighted by Gasteiger charge is 2.35. The molecule has 0 unspecified atom stereocenters. The molecule has 0 spiro atoms. The van der Waals surface area contributed by atoms with E-state index in [1.165, 1.54) is 6.42 Å². The van der Waals surface area contributed by atoms with Gasteiger partial charge in [0, 0.05) is 25.5 Å². The molecule has 0 aromatic heterocycles. The summed E-state index contributed by atoms with van der Waals surface area (Å²) in [6, 6.07) is 7.81. The molecule has 0 saturated heterocycles. The van der Waals surface area contributed by atoms with E-state index in [0.717, 1.165) is 37.1 Å². The maximum Gasteiger partial charge on any atom is 0.244 e. The summed E-state index contributed by atoms with van der Waals surface area (Å²) in [6.07, 6.45) is 4.84. The minimum atomic E-state index is -0.688. The minimum Gasteiger partial charge on any atom is -0.378 e. The average Bonchev–Trinajstić information content (AvgIpc) is 2.40. The number of carbonyl (C=O) groups excluding carboxylic acids is 1. The molecule has 104 valence electrons. The molecule has 0 radical (unpaired) electrons. The average molecular weight is 261 g/mol. The Balaban J connectivity index is 2.08. The molecule has 2 rings (SSSR count). The number of rotatable bonds is 3. The standard InChI is InChI=1S/C15H23N3O/c1-18(2)13-8-6-7-12(11-13)17-14(19)15(16)9-4-3-5-10-15/h6-8,11H,3-5,9-10,16H2,1-2H3,(H,17,19). The number of nitrogens with zero attached hydrogens (tertiary/aromatic N) is 1. The van der Waals surface area contributed by atoms with Crippen LogP contribution in [0.4, 0.5) is 11.4 Å². The number of hydrogen-bond donors (Lipinski definition) is 2. The van der Waals surface area contributed by atoms with E-state index in [2.05, 4.69) is 5.32 Å². The van der Waals surface area contributed by atoms with Gasteiger partial charge in [0.25, 0.3) is 0 Å². The SMILES string of the molecule is CN(C)c1cccc(NC(=O)C2(N)CCCCC2)c1. The van der Waals surface area contributed by atoms with Crippen LogP contribution in [0.2, 0.25) is 0 Å². The second-order valence-electron chi connectivity index (χ2n) is 5.62. The molecule has 4 nitrogen and oxygen atoms in total. The first kappa shape index (κ1) is 13.9. The molecule has 1 saturated carbocycles. The van der Waals surface area contributed by atoms with E-state index in [0.29, 0.717) is 0 Å². The Morgan fingerprint density at radius 3 is 2.58 bits per heavy atom. The summed E-state index contributed by atoms with van der Waals surface area (Å²) in [7, 11) is 3.96. The van der Waals surface area contributed by atoms with Crippen molar-refractivity contribution in [2.75, 3.05) is 24.3 Å². The topological polar surface area (TPSA) is 58.4 Å². The van der Waals surface area contributed by atoms with Crippen LogP contribution in [-0.2, 0) is 4.79 Å². The molecule has 4 heteroatoms. The van der Waals surface area contributed by atoms with Gasteiger partial charge in [0.15, 0.2) is 0 Å². The number of nitrogens with two attached hydrogens (primary N) is 1. The minimum absolute atomic E-state index is 0.0527. The number of amides is 1. The molecule has 0 atom stereocenters. The van der Waals surface area contributed by atoms with Gasteiger partial charge < -0.3 is 16.0 Å². The Labute approximate surface area is 115 Å². The Morgan fingerprint density at radius 2 is 1.95 bits per heavy atom. The van der Waals surface area contributed by atoms with Gasteiger partial charge in [-0.2, -0.15) is 0 Å². The van der Waals surface area contributed by atoms with Crippen LogP contribution in [0.1, 0.15) is 32.1 Å². The van der Waals surface area contributed by atoms with Crippen LogP contribution in [0, 0.1) is 0 Å². The lowest BCUT2D eigenvalue weighted by molar-refractivity contribution is -0.122. The summed E-state index contributed by atoms with van der Waals surface area (Å²) in [5.41, 5.74) is 7.41. The summed E-state index contributed by atoms with van der Waals surface area (Å²) in [6.45, 7) is 0. The molecule has 3 N–H and O–H groups in total. The van der Waals surface area contributed by atoms with Gasteiger partial charge >= 0.3 is 0 Å². The van der Waals surface area contributed by atoms with E-state index in [9.17, 15) is 4.79 Å². The molecule has 1 aromatic rings. The maximum atomic E-state index is 12.3. The van der Waals surface area contributed by atoms with Crippen molar-refractivity contribution in [2.45, 2.75) is 37.6 Å². The molecule has 0 aliphatic heterocycles. The normalized spacial score (nSPS) is 17.8. The number of hydrogen-bond acceptors (Lipinski definition) is 3. The molecule has 19 heavy (non-hydrogen) atoms. The lowest BCUT2D eigenvalue weighted by atomic mass is 9.82. The van der Waals surface area contributed by atoms with Gasteiger partial charge in [-0.25, -0.2) is 0 Å². The van der Waals surface area contributed by atoms with Crippen molar-refractivity contribution in [2.24, 2.45) is 5.73 Å². The fraction of sp³-hybridized carbons (Fsp3) is 0.533. The second kappa shape index (κ2) is 5.61. The first-order chi connectivity index (χ1) is 9.01. The van der Waals surface area contributed by atoms with Crippen molar-refractivity contribution in [3.05, 3.63) is 24.3 Å². The van der Waals surface area contributed by atoms with Crippen LogP contribution in [-0.4, -0.2) is 25.5 Å². The van der Waals surface area contributed by atoms with Crippen LogP contribution in [0.25, 0.3) is 0 Å². The molecule has 1 fully saturated rings. The van der Waals surface area contributed by atoms with Gasteiger partial charge in [0.1, 0.15) is 0 Å². The van der Waals surface area contributed by atoms with E-state index < -0.39 is 5.54 Å². The second-order valence-corrected chi connectivity index (χ2v) is 5.62.